The molecule has 0 unspecified atom stereocenters. The van der Waals surface area contributed by atoms with E-state index in [0.717, 1.165) is 32.4 Å². The number of carbonyl (C=O) groups is 1. The van der Waals surface area contributed by atoms with Crippen LogP contribution < -0.4 is 0 Å². The van der Waals surface area contributed by atoms with Gasteiger partial charge >= 0.3 is 0 Å². The van der Waals surface area contributed by atoms with Crippen molar-refractivity contribution < 1.29 is 9.32 Å². The molecule has 1 amide bonds. The van der Waals surface area contributed by atoms with E-state index in [1.54, 1.807) is 13.0 Å². The van der Waals surface area contributed by atoms with Crippen LogP contribution in [-0.4, -0.2) is 29.1 Å². The molecule has 2 heterocycles. The van der Waals surface area contributed by atoms with E-state index in [1.807, 2.05) is 4.90 Å². The topological polar surface area (TPSA) is 46.3 Å². The molecule has 0 saturated carbocycles. The normalized spacial score (nSPS) is 15.8. The van der Waals surface area contributed by atoms with Gasteiger partial charge in [-0.2, -0.15) is 0 Å². The Morgan fingerprint density at radius 1 is 1.22 bits per heavy atom. The Morgan fingerprint density at radius 2 is 1.91 bits per heavy atom. The van der Waals surface area contributed by atoms with E-state index in [9.17, 15) is 4.79 Å². The third kappa shape index (κ3) is 4.01. The van der Waals surface area contributed by atoms with Crippen LogP contribution in [0.15, 0.2) is 34.9 Å². The Bertz CT molecular complexity index is 652. The minimum atomic E-state index is -0.00108. The maximum absolute atomic E-state index is 12.3. The van der Waals surface area contributed by atoms with Gasteiger partial charge in [0.25, 0.3) is 5.91 Å². The van der Waals surface area contributed by atoms with Crippen molar-refractivity contribution in [2.45, 2.75) is 39.5 Å². The lowest BCUT2D eigenvalue weighted by Crippen LogP contribution is -2.38. The number of likely N-dealkylation sites (tertiary alicyclic amines) is 1. The van der Waals surface area contributed by atoms with E-state index in [4.69, 9.17) is 4.52 Å². The molecular weight excluding hydrogens is 288 g/mol. The highest BCUT2D eigenvalue weighted by atomic mass is 16.5. The number of hydrogen-bond acceptors (Lipinski definition) is 3. The molecule has 122 valence electrons. The summed E-state index contributed by atoms with van der Waals surface area (Å²) in [6.07, 6.45) is 4.48. The molecule has 1 saturated heterocycles. The van der Waals surface area contributed by atoms with Crippen molar-refractivity contribution >= 4 is 5.91 Å². The van der Waals surface area contributed by atoms with Gasteiger partial charge in [0.1, 0.15) is 5.76 Å². The molecule has 23 heavy (non-hydrogen) atoms. The van der Waals surface area contributed by atoms with Gasteiger partial charge in [0.2, 0.25) is 0 Å². The molecule has 3 rings (SSSR count). The first kappa shape index (κ1) is 15.8. The number of hydrogen-bond donors (Lipinski definition) is 0. The van der Waals surface area contributed by atoms with Crippen LogP contribution in [0.3, 0.4) is 0 Å². The highest BCUT2D eigenvalue weighted by Gasteiger charge is 2.25. The summed E-state index contributed by atoms with van der Waals surface area (Å²) in [5.41, 5.74) is 3.15. The van der Waals surface area contributed by atoms with E-state index in [2.05, 4.69) is 36.3 Å². The highest BCUT2D eigenvalue weighted by Crippen LogP contribution is 2.23. The molecular formula is C19H24N2O2. The summed E-state index contributed by atoms with van der Waals surface area (Å²) in [7, 11) is 0. The second-order valence-corrected chi connectivity index (χ2v) is 6.58. The predicted molar refractivity (Wildman–Crippen MR) is 89.4 cm³/mol. The van der Waals surface area contributed by atoms with Crippen molar-refractivity contribution in [1.29, 1.82) is 0 Å². The SMILES string of the molecule is Cc1ccc(CCC2CCN(C(=O)c3cc(C)on3)CC2)cc1. The lowest BCUT2D eigenvalue weighted by Gasteiger charge is -2.31. The van der Waals surface area contributed by atoms with Crippen LogP contribution in [0, 0.1) is 19.8 Å². The Labute approximate surface area is 137 Å². The van der Waals surface area contributed by atoms with Gasteiger partial charge in [-0.25, -0.2) is 0 Å². The minimum Gasteiger partial charge on any atom is -0.361 e. The van der Waals surface area contributed by atoms with Crippen LogP contribution in [0.4, 0.5) is 0 Å². The molecule has 2 aromatic rings. The van der Waals surface area contributed by atoms with E-state index in [-0.39, 0.29) is 5.91 Å². The Morgan fingerprint density at radius 3 is 2.52 bits per heavy atom. The Balaban J connectivity index is 1.46. The molecule has 0 spiro atoms. The summed E-state index contributed by atoms with van der Waals surface area (Å²) in [6.45, 7) is 5.57. The standard InChI is InChI=1S/C19H24N2O2/c1-14-3-5-16(6-4-14)7-8-17-9-11-21(12-10-17)19(22)18-13-15(2)23-20-18/h3-6,13,17H,7-12H2,1-2H3. The first-order chi connectivity index (χ1) is 11.1. The number of nitrogens with zero attached hydrogens (tertiary/aromatic N) is 2. The van der Waals surface area contributed by atoms with Gasteiger partial charge in [0.05, 0.1) is 0 Å². The van der Waals surface area contributed by atoms with Crippen LogP contribution in [0.25, 0.3) is 0 Å². The number of amides is 1. The van der Waals surface area contributed by atoms with Gasteiger partial charge in [-0.3, -0.25) is 4.79 Å². The second-order valence-electron chi connectivity index (χ2n) is 6.58. The van der Waals surface area contributed by atoms with Gasteiger partial charge in [0, 0.05) is 19.2 Å². The van der Waals surface area contributed by atoms with Crippen molar-refractivity contribution in [2.24, 2.45) is 5.92 Å². The number of benzene rings is 1. The van der Waals surface area contributed by atoms with E-state index in [1.165, 1.54) is 17.5 Å². The zero-order valence-corrected chi connectivity index (χ0v) is 13.9. The van der Waals surface area contributed by atoms with Gasteiger partial charge in [-0.15, -0.1) is 0 Å². The van der Waals surface area contributed by atoms with Crippen molar-refractivity contribution in [3.8, 4) is 0 Å². The number of aryl methyl sites for hydroxylation is 3. The summed E-state index contributed by atoms with van der Waals surface area (Å²) in [6, 6.07) is 10.5. The molecule has 0 N–H and O–H groups in total. The van der Waals surface area contributed by atoms with E-state index >= 15 is 0 Å². The van der Waals surface area contributed by atoms with Crippen molar-refractivity contribution in [3.05, 3.63) is 52.9 Å². The fourth-order valence-corrected chi connectivity index (χ4v) is 3.18. The Kier molecular flexibility index (Phi) is 4.79. The predicted octanol–water partition coefficient (Wildman–Crippen LogP) is 3.78. The van der Waals surface area contributed by atoms with Crippen LogP contribution in [0.2, 0.25) is 0 Å². The molecule has 0 atom stereocenters. The molecule has 1 aromatic heterocycles. The van der Waals surface area contributed by atoms with Crippen LogP contribution in [0.1, 0.15) is 46.6 Å². The summed E-state index contributed by atoms with van der Waals surface area (Å²) in [5.74, 6) is 1.39. The summed E-state index contributed by atoms with van der Waals surface area (Å²) >= 11 is 0. The summed E-state index contributed by atoms with van der Waals surface area (Å²) in [5, 5.41) is 3.83. The zero-order valence-electron chi connectivity index (χ0n) is 13.9. The molecule has 4 nitrogen and oxygen atoms in total. The van der Waals surface area contributed by atoms with Crippen LogP contribution in [-0.2, 0) is 6.42 Å². The average molecular weight is 312 g/mol. The highest BCUT2D eigenvalue weighted by molar-refractivity contribution is 5.92. The lowest BCUT2D eigenvalue weighted by molar-refractivity contribution is 0.0676. The van der Waals surface area contributed by atoms with Crippen molar-refractivity contribution in [3.63, 3.8) is 0 Å². The number of carbonyl (C=O) groups excluding carboxylic acids is 1. The molecule has 1 aromatic carbocycles. The molecule has 1 aliphatic rings. The van der Waals surface area contributed by atoms with Gasteiger partial charge in [-0.1, -0.05) is 35.0 Å². The number of piperidine rings is 1. The maximum Gasteiger partial charge on any atom is 0.276 e. The Hall–Kier alpha value is -2.10. The van der Waals surface area contributed by atoms with Crippen LogP contribution in [0.5, 0.6) is 0 Å². The summed E-state index contributed by atoms with van der Waals surface area (Å²) < 4.78 is 5.00. The molecule has 0 aliphatic carbocycles. The monoisotopic (exact) mass is 312 g/mol. The first-order valence-corrected chi connectivity index (χ1v) is 8.40. The zero-order chi connectivity index (χ0) is 16.2. The van der Waals surface area contributed by atoms with E-state index in [0.29, 0.717) is 17.4 Å². The maximum atomic E-state index is 12.3. The molecule has 0 bridgehead atoms. The first-order valence-electron chi connectivity index (χ1n) is 8.40. The largest absolute Gasteiger partial charge is 0.361 e. The van der Waals surface area contributed by atoms with E-state index < -0.39 is 0 Å². The third-order valence-electron chi connectivity index (χ3n) is 4.71. The second kappa shape index (κ2) is 6.99. The smallest absolute Gasteiger partial charge is 0.276 e. The van der Waals surface area contributed by atoms with Crippen LogP contribution >= 0.6 is 0 Å². The van der Waals surface area contributed by atoms with Gasteiger partial charge in [-0.05, 0) is 51.0 Å². The van der Waals surface area contributed by atoms with Crippen molar-refractivity contribution in [2.75, 3.05) is 13.1 Å². The van der Waals surface area contributed by atoms with Gasteiger partial charge in [0.15, 0.2) is 5.69 Å². The minimum absolute atomic E-state index is 0.00108. The fourth-order valence-electron chi connectivity index (χ4n) is 3.18. The third-order valence-corrected chi connectivity index (χ3v) is 4.71. The van der Waals surface area contributed by atoms with Crippen molar-refractivity contribution in [1.82, 2.24) is 10.1 Å². The molecule has 1 fully saturated rings. The number of rotatable bonds is 4. The fraction of sp³-hybridized carbons (Fsp3) is 0.474. The molecule has 1 aliphatic heterocycles. The number of aromatic nitrogens is 1. The lowest BCUT2D eigenvalue weighted by atomic mass is 9.90. The molecule has 0 radical (unpaired) electrons. The quantitative estimate of drug-likeness (QED) is 0.863. The molecule has 4 heteroatoms. The summed E-state index contributed by atoms with van der Waals surface area (Å²) in [4.78, 5) is 14.2. The van der Waals surface area contributed by atoms with Gasteiger partial charge < -0.3 is 9.42 Å². The average Bonchev–Trinajstić information content (AvgIpc) is 3.01.